The van der Waals surface area contributed by atoms with Gasteiger partial charge in [0.2, 0.25) is 0 Å². The molecule has 132 valence electrons. The molecule has 0 aliphatic heterocycles. The van der Waals surface area contributed by atoms with E-state index in [4.69, 9.17) is 16.3 Å². The van der Waals surface area contributed by atoms with Crippen molar-refractivity contribution in [3.63, 3.8) is 0 Å². The first-order valence-electron chi connectivity index (χ1n) is 8.18. The van der Waals surface area contributed by atoms with E-state index < -0.39 is 11.9 Å². The molecule has 0 aliphatic rings. The predicted octanol–water partition coefficient (Wildman–Crippen LogP) is 4.25. The van der Waals surface area contributed by atoms with Crippen molar-refractivity contribution in [2.75, 3.05) is 11.9 Å². The first-order valence-corrected chi connectivity index (χ1v) is 8.56. The minimum absolute atomic E-state index is 0.191. The van der Waals surface area contributed by atoms with E-state index in [9.17, 15) is 9.59 Å². The molecule has 0 unspecified atom stereocenters. The molecule has 3 aromatic rings. The number of nitrogens with one attached hydrogen (secondary N) is 1. The number of benzene rings is 2. The lowest BCUT2D eigenvalue weighted by Crippen LogP contribution is -2.21. The van der Waals surface area contributed by atoms with Gasteiger partial charge >= 0.3 is 5.97 Å². The number of fused-ring (bicyclic) bond motifs is 1. The standard InChI is InChI=1S/C20H17ClN2O3/c1-2-13-6-5-7-14(10-13)22-19(24)12-26-20(25)16-11-18(21)23-17-9-4-3-8-15(16)17/h3-11H,2,12H2,1H3,(H,22,24). The summed E-state index contributed by atoms with van der Waals surface area (Å²) in [6.45, 7) is 1.65. The molecule has 1 amide bonds. The second-order valence-corrected chi connectivity index (χ2v) is 6.08. The van der Waals surface area contributed by atoms with Crippen molar-refractivity contribution >= 4 is 40.1 Å². The number of nitrogens with zero attached hydrogens (tertiary/aromatic N) is 1. The van der Waals surface area contributed by atoms with Gasteiger partial charge in [-0.3, -0.25) is 4.79 Å². The van der Waals surface area contributed by atoms with Crippen molar-refractivity contribution in [3.8, 4) is 0 Å². The fraction of sp³-hybridized carbons (Fsp3) is 0.150. The summed E-state index contributed by atoms with van der Waals surface area (Å²) < 4.78 is 5.14. The lowest BCUT2D eigenvalue weighted by Gasteiger charge is -2.09. The number of para-hydroxylation sites is 1. The van der Waals surface area contributed by atoms with Crippen LogP contribution in [0, 0.1) is 0 Å². The van der Waals surface area contributed by atoms with Crippen molar-refractivity contribution in [2.45, 2.75) is 13.3 Å². The van der Waals surface area contributed by atoms with Crippen LogP contribution in [0.15, 0.2) is 54.6 Å². The van der Waals surface area contributed by atoms with Crippen molar-refractivity contribution in [3.05, 3.63) is 70.9 Å². The van der Waals surface area contributed by atoms with Gasteiger partial charge in [0.25, 0.3) is 5.91 Å². The maximum Gasteiger partial charge on any atom is 0.339 e. The van der Waals surface area contributed by atoms with Crippen LogP contribution in [-0.2, 0) is 16.0 Å². The van der Waals surface area contributed by atoms with Gasteiger partial charge in [0, 0.05) is 11.1 Å². The summed E-state index contributed by atoms with van der Waals surface area (Å²) >= 11 is 5.97. The van der Waals surface area contributed by atoms with Gasteiger partial charge in [-0.25, -0.2) is 9.78 Å². The van der Waals surface area contributed by atoms with Crippen molar-refractivity contribution in [1.29, 1.82) is 0 Å². The molecule has 2 aromatic carbocycles. The maximum absolute atomic E-state index is 12.4. The summed E-state index contributed by atoms with van der Waals surface area (Å²) in [6.07, 6.45) is 0.870. The van der Waals surface area contributed by atoms with Crippen LogP contribution in [0.4, 0.5) is 5.69 Å². The first kappa shape index (κ1) is 17.9. The third kappa shape index (κ3) is 4.18. The number of rotatable bonds is 5. The SMILES string of the molecule is CCc1cccc(NC(=O)COC(=O)c2cc(Cl)nc3ccccc23)c1. The third-order valence-electron chi connectivity index (χ3n) is 3.86. The van der Waals surface area contributed by atoms with E-state index in [0.29, 0.717) is 16.6 Å². The Morgan fingerprint density at radius 2 is 1.92 bits per heavy atom. The highest BCUT2D eigenvalue weighted by Crippen LogP contribution is 2.21. The molecule has 1 aromatic heterocycles. The number of pyridine rings is 1. The fourth-order valence-electron chi connectivity index (χ4n) is 2.59. The first-order chi connectivity index (χ1) is 12.6. The highest BCUT2D eigenvalue weighted by atomic mass is 35.5. The summed E-state index contributed by atoms with van der Waals surface area (Å²) in [4.78, 5) is 28.6. The van der Waals surface area contributed by atoms with Gasteiger partial charge in [-0.15, -0.1) is 0 Å². The van der Waals surface area contributed by atoms with Gasteiger partial charge in [0.1, 0.15) is 5.15 Å². The molecule has 0 spiro atoms. The monoisotopic (exact) mass is 368 g/mol. The smallest absolute Gasteiger partial charge is 0.339 e. The Balaban J connectivity index is 1.68. The Labute approximate surface area is 156 Å². The largest absolute Gasteiger partial charge is 0.452 e. The number of aryl methyl sites for hydroxylation is 1. The fourth-order valence-corrected chi connectivity index (χ4v) is 2.79. The Kier molecular flexibility index (Phi) is 5.49. The molecule has 0 bridgehead atoms. The van der Waals surface area contributed by atoms with Gasteiger partial charge in [-0.1, -0.05) is 48.9 Å². The Morgan fingerprint density at radius 1 is 1.12 bits per heavy atom. The molecule has 0 saturated carbocycles. The van der Waals surface area contributed by atoms with Crippen LogP contribution >= 0.6 is 11.6 Å². The van der Waals surface area contributed by atoms with Gasteiger partial charge in [-0.05, 0) is 36.2 Å². The summed E-state index contributed by atoms with van der Waals surface area (Å²) in [6, 6.07) is 16.1. The summed E-state index contributed by atoms with van der Waals surface area (Å²) in [5.74, 6) is -1.03. The quantitative estimate of drug-likeness (QED) is 0.540. The zero-order valence-corrected chi connectivity index (χ0v) is 14.9. The van der Waals surface area contributed by atoms with Crippen molar-refractivity contribution < 1.29 is 14.3 Å². The number of esters is 1. The Hall–Kier alpha value is -2.92. The number of ether oxygens (including phenoxy) is 1. The highest BCUT2D eigenvalue weighted by Gasteiger charge is 2.15. The van der Waals surface area contributed by atoms with Crippen LogP contribution in [0.3, 0.4) is 0 Å². The molecule has 6 heteroatoms. The van der Waals surface area contributed by atoms with E-state index in [0.717, 1.165) is 12.0 Å². The maximum atomic E-state index is 12.4. The van der Waals surface area contributed by atoms with E-state index in [2.05, 4.69) is 10.3 Å². The zero-order valence-electron chi connectivity index (χ0n) is 14.2. The number of carbonyl (C=O) groups is 2. The van der Waals surface area contributed by atoms with Crippen LogP contribution < -0.4 is 5.32 Å². The minimum atomic E-state index is -0.622. The Bertz CT molecular complexity index is 972. The molecule has 1 N–H and O–H groups in total. The lowest BCUT2D eigenvalue weighted by atomic mass is 10.1. The number of halogens is 1. The Morgan fingerprint density at radius 3 is 2.73 bits per heavy atom. The van der Waals surface area contributed by atoms with Gasteiger partial charge in [0.15, 0.2) is 6.61 Å². The minimum Gasteiger partial charge on any atom is -0.452 e. The van der Waals surface area contributed by atoms with Crippen LogP contribution in [0.1, 0.15) is 22.8 Å². The van der Waals surface area contributed by atoms with Crippen LogP contribution in [0.5, 0.6) is 0 Å². The number of carbonyl (C=O) groups excluding carboxylic acids is 2. The van der Waals surface area contributed by atoms with Crippen molar-refractivity contribution in [2.24, 2.45) is 0 Å². The molecule has 3 rings (SSSR count). The summed E-state index contributed by atoms with van der Waals surface area (Å²) in [5.41, 5.74) is 2.65. The van der Waals surface area contributed by atoms with Gasteiger partial charge < -0.3 is 10.1 Å². The number of aromatic nitrogens is 1. The molecule has 0 atom stereocenters. The zero-order chi connectivity index (χ0) is 18.5. The van der Waals surface area contributed by atoms with E-state index in [-0.39, 0.29) is 17.3 Å². The second-order valence-electron chi connectivity index (χ2n) is 5.69. The van der Waals surface area contributed by atoms with Crippen LogP contribution in [-0.4, -0.2) is 23.5 Å². The molecule has 1 heterocycles. The molecule has 5 nitrogen and oxygen atoms in total. The number of amides is 1. The van der Waals surface area contributed by atoms with Gasteiger partial charge in [-0.2, -0.15) is 0 Å². The molecule has 26 heavy (non-hydrogen) atoms. The van der Waals surface area contributed by atoms with Gasteiger partial charge in [0.05, 0.1) is 11.1 Å². The molecular formula is C20H17ClN2O3. The topological polar surface area (TPSA) is 68.3 Å². The number of hydrogen-bond donors (Lipinski definition) is 1. The van der Waals surface area contributed by atoms with E-state index in [1.54, 1.807) is 30.3 Å². The van der Waals surface area contributed by atoms with Crippen molar-refractivity contribution in [1.82, 2.24) is 4.98 Å². The second kappa shape index (κ2) is 7.97. The molecule has 0 saturated heterocycles. The average Bonchev–Trinajstić information content (AvgIpc) is 2.65. The van der Waals surface area contributed by atoms with Crippen LogP contribution in [0.2, 0.25) is 5.15 Å². The molecule has 0 radical (unpaired) electrons. The number of hydrogen-bond acceptors (Lipinski definition) is 4. The molecule has 0 aliphatic carbocycles. The lowest BCUT2D eigenvalue weighted by molar-refractivity contribution is -0.119. The average molecular weight is 369 g/mol. The summed E-state index contributed by atoms with van der Waals surface area (Å²) in [7, 11) is 0. The molecular weight excluding hydrogens is 352 g/mol. The predicted molar refractivity (Wildman–Crippen MR) is 101 cm³/mol. The normalized spacial score (nSPS) is 10.5. The highest BCUT2D eigenvalue weighted by molar-refractivity contribution is 6.30. The van der Waals surface area contributed by atoms with E-state index in [1.807, 2.05) is 25.1 Å². The van der Waals surface area contributed by atoms with E-state index >= 15 is 0 Å². The summed E-state index contributed by atoms with van der Waals surface area (Å²) in [5, 5.41) is 3.53. The van der Waals surface area contributed by atoms with Crippen LogP contribution in [0.25, 0.3) is 10.9 Å². The number of anilines is 1. The molecule has 0 fully saturated rings. The van der Waals surface area contributed by atoms with E-state index in [1.165, 1.54) is 6.07 Å². The third-order valence-corrected chi connectivity index (χ3v) is 4.05.